The average Bonchev–Trinajstić information content (AvgIpc) is 4.06. The molecule has 15 rings (SSSR count). The van der Waals surface area contributed by atoms with E-state index < -0.39 is 0 Å². The van der Waals surface area contributed by atoms with E-state index in [4.69, 9.17) is 19.4 Å². The van der Waals surface area contributed by atoms with Crippen LogP contribution in [-0.2, 0) is 0 Å². The second-order valence-electron chi connectivity index (χ2n) is 15.5. The number of hydrogen-bond donors (Lipinski definition) is 0. The van der Waals surface area contributed by atoms with E-state index in [9.17, 15) is 0 Å². The van der Waals surface area contributed by atoms with Crippen molar-refractivity contribution in [3.63, 3.8) is 0 Å². The fraction of sp³-hybridized carbons (Fsp3) is 0. The summed E-state index contributed by atoms with van der Waals surface area (Å²) in [4.78, 5) is 16.1. The van der Waals surface area contributed by atoms with Crippen LogP contribution in [0, 0.1) is 0 Å². The molecule has 0 N–H and O–H groups in total. The maximum absolute atomic E-state index is 6.66. The summed E-state index contributed by atoms with van der Waals surface area (Å²) in [5.74, 6) is 1.80. The van der Waals surface area contributed by atoms with Crippen molar-refractivity contribution in [1.29, 1.82) is 0 Å². The SMILES string of the molecule is c1ccc(-c2nc(-c3cccc4c3c3ccccc3n4-c3ccccc3)nc(-n3c4ccc5oc6ccc7c8cccc9c%10ccc3c3c4c5c6c7n(c89)c%103)n2)cc1. The molecule has 0 bridgehead atoms. The molecule has 0 aliphatic rings. The molecule has 0 radical (unpaired) electrons. The standard InChI is InChI=1S/C51H26N6O/c1-3-11-27(12-4-1)49-52-50(34-18-10-20-36-41(34)33-15-7-8-19-35(33)55(36)28-13-5-2-6-14-28)54-51(53-49)56-37-24-26-39-44-42(37)43-38(56)23-21-31-29-16-9-17-30-32-22-25-40(58-39)45(44)48(32)57(46(29)30)47(31)43/h1-26H. The molecule has 7 nitrogen and oxygen atoms in total. The molecule has 0 atom stereocenters. The molecule has 8 aromatic carbocycles. The molecule has 266 valence electrons. The first-order valence-corrected chi connectivity index (χ1v) is 19.6. The Morgan fingerprint density at radius 1 is 0.362 bits per heavy atom. The summed E-state index contributed by atoms with van der Waals surface area (Å²) in [6, 6.07) is 55.8. The molecule has 7 heteroatoms. The van der Waals surface area contributed by atoms with E-state index in [0.29, 0.717) is 17.6 Å². The van der Waals surface area contributed by atoms with Gasteiger partial charge in [-0.25, -0.2) is 4.98 Å². The van der Waals surface area contributed by atoms with E-state index in [0.717, 1.165) is 77.0 Å². The molecule has 15 aromatic rings. The molecule has 0 spiro atoms. The van der Waals surface area contributed by atoms with E-state index in [1.165, 1.54) is 43.5 Å². The van der Waals surface area contributed by atoms with Crippen molar-refractivity contribution in [2.75, 3.05) is 0 Å². The van der Waals surface area contributed by atoms with Gasteiger partial charge >= 0.3 is 0 Å². The number of para-hydroxylation sites is 3. The number of aromatic nitrogens is 6. The van der Waals surface area contributed by atoms with Crippen molar-refractivity contribution in [2.45, 2.75) is 0 Å². The summed E-state index contributed by atoms with van der Waals surface area (Å²) < 4.78 is 13.8. The second-order valence-corrected chi connectivity index (χ2v) is 15.5. The highest BCUT2D eigenvalue weighted by Gasteiger charge is 2.30. The summed E-state index contributed by atoms with van der Waals surface area (Å²) >= 11 is 0. The van der Waals surface area contributed by atoms with Gasteiger partial charge in [0.05, 0.1) is 44.0 Å². The minimum absolute atomic E-state index is 0.568. The molecule has 58 heavy (non-hydrogen) atoms. The van der Waals surface area contributed by atoms with Crippen LogP contribution in [0.25, 0.3) is 138 Å². The molecule has 0 aliphatic heterocycles. The first-order valence-electron chi connectivity index (χ1n) is 19.6. The fourth-order valence-electron chi connectivity index (χ4n) is 10.5. The van der Waals surface area contributed by atoms with Crippen LogP contribution in [0.4, 0.5) is 0 Å². The summed E-state index contributed by atoms with van der Waals surface area (Å²) in [6.07, 6.45) is 0. The lowest BCUT2D eigenvalue weighted by Gasteiger charge is -2.12. The molecular formula is C51H26N6O. The van der Waals surface area contributed by atoms with E-state index in [1.807, 2.05) is 18.2 Å². The van der Waals surface area contributed by atoms with Crippen LogP contribution in [0.2, 0.25) is 0 Å². The lowest BCUT2D eigenvalue weighted by atomic mass is 10.0. The van der Waals surface area contributed by atoms with E-state index in [1.54, 1.807) is 0 Å². The molecule has 0 fully saturated rings. The Labute approximate surface area is 327 Å². The topological polar surface area (TPSA) is 66.1 Å². The van der Waals surface area contributed by atoms with Gasteiger partial charge in [0.1, 0.15) is 11.2 Å². The van der Waals surface area contributed by atoms with E-state index in [2.05, 4.69) is 153 Å². The van der Waals surface area contributed by atoms with Crippen molar-refractivity contribution in [3.8, 4) is 34.4 Å². The third-order valence-corrected chi connectivity index (χ3v) is 12.7. The number of furan rings is 1. The quantitative estimate of drug-likeness (QED) is 0.180. The zero-order valence-corrected chi connectivity index (χ0v) is 30.6. The minimum atomic E-state index is 0.568. The highest BCUT2D eigenvalue weighted by Crippen LogP contribution is 2.52. The summed E-state index contributed by atoms with van der Waals surface area (Å²) in [5, 5.41) is 11.9. The van der Waals surface area contributed by atoms with Crippen molar-refractivity contribution in [1.82, 2.24) is 28.5 Å². The Balaban J connectivity index is 1.10. The number of benzene rings is 8. The van der Waals surface area contributed by atoms with Gasteiger partial charge in [0, 0.05) is 65.3 Å². The molecular weight excluding hydrogens is 713 g/mol. The first-order chi connectivity index (χ1) is 28.8. The van der Waals surface area contributed by atoms with Crippen LogP contribution in [-0.4, -0.2) is 28.5 Å². The molecule has 0 saturated carbocycles. The smallest absolute Gasteiger partial charge is 0.238 e. The third kappa shape index (κ3) is 3.34. The van der Waals surface area contributed by atoms with Crippen LogP contribution in [0.3, 0.4) is 0 Å². The van der Waals surface area contributed by atoms with E-state index in [-0.39, 0.29) is 0 Å². The van der Waals surface area contributed by atoms with Crippen molar-refractivity contribution in [3.05, 3.63) is 158 Å². The van der Waals surface area contributed by atoms with Crippen LogP contribution in [0.15, 0.2) is 162 Å². The number of nitrogens with zero attached hydrogens (tertiary/aromatic N) is 6. The Morgan fingerprint density at radius 2 is 0.966 bits per heavy atom. The van der Waals surface area contributed by atoms with Crippen molar-refractivity contribution in [2.24, 2.45) is 0 Å². The molecule has 7 heterocycles. The highest BCUT2D eigenvalue weighted by molar-refractivity contribution is 6.41. The third-order valence-electron chi connectivity index (χ3n) is 12.7. The van der Waals surface area contributed by atoms with Crippen molar-refractivity contribution < 1.29 is 4.42 Å². The predicted molar refractivity (Wildman–Crippen MR) is 235 cm³/mol. The monoisotopic (exact) mass is 738 g/mol. The lowest BCUT2D eigenvalue weighted by Crippen LogP contribution is -2.06. The van der Waals surface area contributed by atoms with Crippen molar-refractivity contribution >= 4 is 104 Å². The molecule has 0 unspecified atom stereocenters. The zero-order chi connectivity index (χ0) is 37.4. The average molecular weight is 739 g/mol. The maximum Gasteiger partial charge on any atom is 0.238 e. The van der Waals surface area contributed by atoms with Gasteiger partial charge in [0.15, 0.2) is 11.6 Å². The Morgan fingerprint density at radius 3 is 1.83 bits per heavy atom. The summed E-state index contributed by atoms with van der Waals surface area (Å²) in [7, 11) is 0. The predicted octanol–water partition coefficient (Wildman–Crippen LogP) is 12.8. The normalized spacial score (nSPS) is 12.8. The van der Waals surface area contributed by atoms with Gasteiger partial charge in [0.2, 0.25) is 5.95 Å². The summed E-state index contributed by atoms with van der Waals surface area (Å²) in [6.45, 7) is 0. The van der Waals surface area contributed by atoms with Gasteiger partial charge in [-0.1, -0.05) is 103 Å². The van der Waals surface area contributed by atoms with Crippen LogP contribution >= 0.6 is 0 Å². The largest absolute Gasteiger partial charge is 0.456 e. The highest BCUT2D eigenvalue weighted by atomic mass is 16.3. The van der Waals surface area contributed by atoms with Gasteiger partial charge in [-0.3, -0.25) is 4.57 Å². The second kappa shape index (κ2) is 10.0. The zero-order valence-electron chi connectivity index (χ0n) is 30.6. The Kier molecular flexibility index (Phi) is 5.07. The molecule has 0 aliphatic carbocycles. The fourth-order valence-corrected chi connectivity index (χ4v) is 10.5. The molecule has 0 saturated heterocycles. The Hall–Kier alpha value is -8.03. The minimum Gasteiger partial charge on any atom is -0.456 e. The van der Waals surface area contributed by atoms with Crippen LogP contribution in [0.5, 0.6) is 0 Å². The number of rotatable bonds is 4. The Bertz CT molecular complexity index is 4130. The van der Waals surface area contributed by atoms with Gasteiger partial charge in [-0.2, -0.15) is 9.97 Å². The van der Waals surface area contributed by atoms with Gasteiger partial charge in [0.25, 0.3) is 0 Å². The van der Waals surface area contributed by atoms with Crippen LogP contribution in [0.1, 0.15) is 0 Å². The maximum atomic E-state index is 6.66. The molecule has 0 amide bonds. The number of hydrogen-bond acceptors (Lipinski definition) is 4. The number of fused-ring (bicyclic) bond motifs is 5. The first kappa shape index (κ1) is 29.3. The van der Waals surface area contributed by atoms with E-state index >= 15 is 0 Å². The summed E-state index contributed by atoms with van der Waals surface area (Å²) in [5.41, 5.74) is 12.8. The van der Waals surface area contributed by atoms with Crippen LogP contribution < -0.4 is 0 Å². The van der Waals surface area contributed by atoms with Gasteiger partial charge in [-0.15, -0.1) is 0 Å². The van der Waals surface area contributed by atoms with Gasteiger partial charge < -0.3 is 13.4 Å². The lowest BCUT2D eigenvalue weighted by molar-refractivity contribution is 0.669. The molecule has 7 aromatic heterocycles. The van der Waals surface area contributed by atoms with Gasteiger partial charge in [-0.05, 0) is 54.6 Å².